The predicted molar refractivity (Wildman–Crippen MR) is 426 cm³/mol. The van der Waals surface area contributed by atoms with Crippen LogP contribution in [-0.2, 0) is 85.5 Å². The second kappa shape index (κ2) is 32.1. The second-order valence-electron chi connectivity index (χ2n) is 27.2. The van der Waals surface area contributed by atoms with Gasteiger partial charge in [0.1, 0.15) is 26.2 Å². The van der Waals surface area contributed by atoms with E-state index in [2.05, 4.69) is 9.97 Å². The summed E-state index contributed by atoms with van der Waals surface area (Å²) in [5.74, 6) is -5.59. The van der Waals surface area contributed by atoms with Crippen LogP contribution < -0.4 is 0 Å². The van der Waals surface area contributed by atoms with Crippen molar-refractivity contribution in [3.8, 4) is 44.5 Å². The third kappa shape index (κ3) is 17.1. The van der Waals surface area contributed by atoms with E-state index in [0.717, 1.165) is 39.5 Å². The van der Waals surface area contributed by atoms with Crippen molar-refractivity contribution in [3.05, 3.63) is 286 Å². The van der Waals surface area contributed by atoms with Crippen LogP contribution in [0.2, 0.25) is 0 Å². The maximum atomic E-state index is 14.4. The van der Waals surface area contributed by atoms with E-state index in [4.69, 9.17) is 9.97 Å². The number of hydrogen-bond acceptors (Lipinski definition) is 14. The Kier molecular flexibility index (Phi) is 22.3. The first-order valence-corrected chi connectivity index (χ1v) is 40.8. The minimum Gasteiger partial charge on any atom is -0.480 e. The van der Waals surface area contributed by atoms with Gasteiger partial charge in [-0.25, -0.2) is 43.6 Å². The molecule has 0 saturated heterocycles. The molecule has 11 aromatic rings. The van der Waals surface area contributed by atoms with Crippen molar-refractivity contribution in [2.45, 2.75) is 73.5 Å². The molecule has 0 aliphatic carbocycles. The molecule has 0 radical (unpaired) electrons. The predicted octanol–water partition coefficient (Wildman–Crippen LogP) is 13.7. The lowest BCUT2D eigenvalue weighted by Gasteiger charge is -2.21. The number of benzene rings is 8. The zero-order valence-electron chi connectivity index (χ0n) is 60.8. The van der Waals surface area contributed by atoms with Crippen LogP contribution in [0, 0.1) is 27.7 Å². The van der Waals surface area contributed by atoms with Crippen LogP contribution in [-0.4, -0.2) is 141 Å². The maximum absolute atomic E-state index is 14.4. The summed E-state index contributed by atoms with van der Waals surface area (Å²) in [4.78, 5) is 67.9. The summed E-state index contributed by atoms with van der Waals surface area (Å²) in [6.07, 6.45) is 7.08. The van der Waals surface area contributed by atoms with Gasteiger partial charge in [0.15, 0.2) is 0 Å². The number of aromatic amines is 2. The topological polar surface area (TPSA) is 356 Å². The SMILES string of the molecule is Cc1ccc(S(=O)(=O)N(CC(=O)O)Cc2cccc(-c3c4nc(c(-c5cccc(CN(CC(=O)O)S(=O)(=O)c6ccc(C)cc6)c5)c5ccc([nH]5)c(-c5cccc(CN(CC(=O)O)S(=O)(=O)c6ccc(C)cc6)c5)c5nc(c(-c6cccc(CN(CC(=O)O)S(=O)(=O)c7ccc(C)cc7)c6)c6ccc3[nH]6)C=C5)C=C4)c2)cc1. The Hall–Kier alpha value is -12.1. The van der Waals surface area contributed by atoms with Crippen molar-refractivity contribution in [2.75, 3.05) is 26.2 Å². The molecule has 24 nitrogen and oxygen atoms in total. The molecule has 28 heteroatoms. The molecular formula is C84H74N8O16S4. The largest absolute Gasteiger partial charge is 0.480 e. The number of carboxylic acid groups (broad SMARTS) is 4. The van der Waals surface area contributed by atoms with Gasteiger partial charge in [-0.05, 0) is 194 Å². The number of rotatable bonds is 28. The highest BCUT2D eigenvalue weighted by Crippen LogP contribution is 2.41. The van der Waals surface area contributed by atoms with Gasteiger partial charge in [-0.1, -0.05) is 144 Å². The third-order valence-electron chi connectivity index (χ3n) is 18.9. The Bertz CT molecular complexity index is 5550. The van der Waals surface area contributed by atoms with E-state index in [9.17, 15) is 73.3 Å². The highest BCUT2D eigenvalue weighted by atomic mass is 32.2. The fraction of sp³-hybridized carbons (Fsp3) is 0.143. The lowest BCUT2D eigenvalue weighted by atomic mass is 10.0. The van der Waals surface area contributed by atoms with Crippen LogP contribution in [0.4, 0.5) is 0 Å². The Labute approximate surface area is 646 Å². The lowest BCUT2D eigenvalue weighted by molar-refractivity contribution is -0.138. The summed E-state index contributed by atoms with van der Waals surface area (Å²) < 4.78 is 119. The molecule has 8 aromatic carbocycles. The summed E-state index contributed by atoms with van der Waals surface area (Å²) in [5, 5.41) is 40.9. The number of hydrogen-bond donors (Lipinski definition) is 6. The monoisotopic (exact) mass is 1580 g/mol. The van der Waals surface area contributed by atoms with E-state index in [1.54, 1.807) is 222 Å². The van der Waals surface area contributed by atoms with Crippen LogP contribution in [0.15, 0.2) is 238 Å². The fourth-order valence-electron chi connectivity index (χ4n) is 13.5. The molecule has 0 saturated carbocycles. The van der Waals surface area contributed by atoms with E-state index in [1.165, 1.54) is 48.5 Å². The quantitative estimate of drug-likeness (QED) is 0.0265. The molecule has 0 unspecified atom stereocenters. The molecular weight excluding hydrogens is 1510 g/mol. The van der Waals surface area contributed by atoms with Crippen LogP contribution >= 0.6 is 0 Å². The number of aryl methyl sites for hydroxylation is 4. The molecule has 570 valence electrons. The molecule has 2 aliphatic heterocycles. The molecule has 6 N–H and O–H groups in total. The average molecular weight is 1580 g/mol. The fourth-order valence-corrected chi connectivity index (χ4v) is 19.0. The van der Waals surface area contributed by atoms with Gasteiger partial charge in [0.2, 0.25) is 40.1 Å². The Morgan fingerprint density at radius 3 is 0.679 bits per heavy atom. The number of carbonyl (C=O) groups is 4. The molecule has 3 aromatic heterocycles. The summed E-state index contributed by atoms with van der Waals surface area (Å²) in [6, 6.07) is 58.9. The average Bonchev–Trinajstić information content (AvgIpc) is 1.66. The number of nitrogens with zero attached hydrogens (tertiary/aromatic N) is 6. The van der Waals surface area contributed by atoms with Crippen molar-refractivity contribution >= 4 is 110 Å². The van der Waals surface area contributed by atoms with Gasteiger partial charge < -0.3 is 30.4 Å². The first-order valence-electron chi connectivity index (χ1n) is 35.1. The molecule has 0 fully saturated rings. The first kappa shape index (κ1) is 78.0. The molecule has 8 bridgehead atoms. The van der Waals surface area contributed by atoms with E-state index in [0.29, 0.717) is 112 Å². The van der Waals surface area contributed by atoms with Gasteiger partial charge >= 0.3 is 23.9 Å². The standard InChI is InChI=1S/C84H74N8O16S4/c1-53-17-25-65(26-18-53)109(101,102)89(49-77(93)94)45-57-9-5-13-61(41-57)81-69-33-35-71(85-69)82(62-14-6-10-58(42-62)46-90(50-78(95)96)110(103,104)66-27-19-54(2)20-28-66)73-37-39-75(87-73)84(64-16-8-12-60(44-64)48-92(52-80(99)100)112(107,108)68-31-23-56(4)24-32-68)76-40-38-74(88-76)83(72-36-34-70(81)86-72)63-15-7-11-59(43-63)47-91(51-79(97)98)111(105,106)67-29-21-55(3)22-30-67/h5-44,85,88H,45-52H2,1-4H3,(H,93,94)(H,95,96)(H,97,98)(H,99,100). The van der Waals surface area contributed by atoms with E-state index in [-0.39, 0.29) is 19.6 Å². The summed E-state index contributed by atoms with van der Waals surface area (Å²) in [5.41, 5.74) is 11.5. The van der Waals surface area contributed by atoms with E-state index < -0.39 is 116 Å². The number of carboxylic acids is 4. The Morgan fingerprint density at radius 1 is 0.295 bits per heavy atom. The van der Waals surface area contributed by atoms with Crippen LogP contribution in [0.1, 0.15) is 67.3 Å². The van der Waals surface area contributed by atoms with Gasteiger partial charge in [-0.3, -0.25) is 19.2 Å². The molecule has 0 amide bonds. The Morgan fingerprint density at radius 2 is 0.491 bits per heavy atom. The van der Waals surface area contributed by atoms with Crippen LogP contribution in [0.3, 0.4) is 0 Å². The number of nitrogens with one attached hydrogen (secondary N) is 2. The van der Waals surface area contributed by atoms with Gasteiger partial charge in [0, 0.05) is 70.5 Å². The van der Waals surface area contributed by atoms with Crippen molar-refractivity contribution < 1.29 is 73.3 Å². The van der Waals surface area contributed by atoms with Gasteiger partial charge in [0.05, 0.1) is 42.4 Å². The zero-order valence-corrected chi connectivity index (χ0v) is 64.0. The number of aliphatic carboxylic acids is 4. The molecule has 0 spiro atoms. The minimum atomic E-state index is -4.42. The van der Waals surface area contributed by atoms with Crippen molar-refractivity contribution in [1.82, 2.24) is 37.2 Å². The molecule has 2 aliphatic rings. The number of H-pyrrole nitrogens is 2. The summed E-state index contributed by atoms with van der Waals surface area (Å²) in [7, 11) is -17.7. The Balaban J connectivity index is 1.07. The van der Waals surface area contributed by atoms with Crippen molar-refractivity contribution in [1.29, 1.82) is 0 Å². The molecule has 112 heavy (non-hydrogen) atoms. The maximum Gasteiger partial charge on any atom is 0.318 e. The first-order chi connectivity index (χ1) is 53.4. The smallest absolute Gasteiger partial charge is 0.318 e. The van der Waals surface area contributed by atoms with Gasteiger partial charge in [-0.15, -0.1) is 0 Å². The minimum absolute atomic E-state index is 0.116. The highest BCUT2D eigenvalue weighted by Gasteiger charge is 2.33. The van der Waals surface area contributed by atoms with Crippen LogP contribution in [0.25, 0.3) is 90.9 Å². The van der Waals surface area contributed by atoms with E-state index >= 15 is 0 Å². The third-order valence-corrected chi connectivity index (χ3v) is 26.2. The number of aromatic nitrogens is 4. The highest BCUT2D eigenvalue weighted by molar-refractivity contribution is 7.90. The van der Waals surface area contributed by atoms with Crippen molar-refractivity contribution in [3.63, 3.8) is 0 Å². The summed E-state index contributed by atoms with van der Waals surface area (Å²) in [6.45, 7) is 2.06. The molecule has 0 atom stereocenters. The zero-order chi connectivity index (χ0) is 79.6. The van der Waals surface area contributed by atoms with Gasteiger partial charge in [0.25, 0.3) is 0 Å². The lowest BCUT2D eigenvalue weighted by Crippen LogP contribution is -2.35. The van der Waals surface area contributed by atoms with E-state index in [1.807, 2.05) is 0 Å². The molecule has 5 heterocycles. The van der Waals surface area contributed by atoms with Crippen molar-refractivity contribution in [2.24, 2.45) is 0 Å². The second-order valence-corrected chi connectivity index (χ2v) is 35.0. The number of fused-ring (bicyclic) bond motifs is 8. The normalized spacial score (nSPS) is 12.5. The number of sulfonamides is 4. The molecule has 13 rings (SSSR count). The van der Waals surface area contributed by atoms with Crippen LogP contribution in [0.5, 0.6) is 0 Å². The summed E-state index contributed by atoms with van der Waals surface area (Å²) >= 11 is 0. The van der Waals surface area contributed by atoms with Gasteiger partial charge in [-0.2, -0.15) is 17.2 Å².